The third-order valence-electron chi connectivity index (χ3n) is 4.81. The van der Waals surface area contributed by atoms with E-state index in [1.54, 1.807) is 6.07 Å². The molecule has 0 radical (unpaired) electrons. The minimum absolute atomic E-state index is 0.201. The zero-order chi connectivity index (χ0) is 17.1. The fourth-order valence-electron chi connectivity index (χ4n) is 3.45. The maximum atomic E-state index is 13.7. The fraction of sp³-hybridized carbons (Fsp3) is 0.300. The van der Waals surface area contributed by atoms with Crippen molar-refractivity contribution >= 4 is 16.9 Å². The minimum Gasteiger partial charge on any atom is -0.283 e. The summed E-state index contributed by atoms with van der Waals surface area (Å²) < 4.78 is 15.7. The van der Waals surface area contributed by atoms with Gasteiger partial charge in [0, 0.05) is 5.56 Å². The average Bonchev–Trinajstić information content (AvgIpc) is 2.93. The second-order valence-corrected chi connectivity index (χ2v) is 7.22. The summed E-state index contributed by atoms with van der Waals surface area (Å²) in [6, 6.07) is 9.14. The summed E-state index contributed by atoms with van der Waals surface area (Å²) in [5.74, 6) is 0.639. The average molecular weight is 321 g/mol. The van der Waals surface area contributed by atoms with Crippen LogP contribution < -0.4 is 0 Å². The van der Waals surface area contributed by atoms with E-state index in [9.17, 15) is 4.39 Å². The first-order valence-corrected chi connectivity index (χ1v) is 8.18. The van der Waals surface area contributed by atoms with Crippen LogP contribution in [-0.4, -0.2) is 20.9 Å². The zero-order valence-electron chi connectivity index (χ0n) is 14.4. The molecule has 0 unspecified atom stereocenters. The van der Waals surface area contributed by atoms with Crippen LogP contribution in [-0.2, 0) is 6.42 Å². The second kappa shape index (κ2) is 5.00. The Kier molecular flexibility index (Phi) is 3.14. The Hall–Kier alpha value is -2.49. The molecule has 0 N–H and O–H groups in total. The number of aliphatic imine (C=N–C) groups is 1. The zero-order valence-corrected chi connectivity index (χ0v) is 14.4. The molecule has 122 valence electrons. The monoisotopic (exact) mass is 321 g/mol. The first-order valence-electron chi connectivity index (χ1n) is 8.18. The van der Waals surface area contributed by atoms with Gasteiger partial charge in [0.15, 0.2) is 0 Å². The van der Waals surface area contributed by atoms with Gasteiger partial charge in [0.05, 0.1) is 16.6 Å². The van der Waals surface area contributed by atoms with E-state index in [0.29, 0.717) is 0 Å². The van der Waals surface area contributed by atoms with Gasteiger partial charge in [-0.05, 0) is 75.1 Å². The molecule has 0 atom stereocenters. The number of rotatable bonds is 0. The molecule has 0 fully saturated rings. The normalized spacial score (nSPS) is 16.1. The number of nitrogens with zero attached hydrogens (tertiary/aromatic N) is 3. The van der Waals surface area contributed by atoms with E-state index in [1.165, 1.54) is 17.2 Å². The molecular weight excluding hydrogens is 301 g/mol. The molecule has 4 heteroatoms. The Morgan fingerprint density at radius 3 is 2.71 bits per heavy atom. The topological polar surface area (TPSA) is 30.2 Å². The predicted molar refractivity (Wildman–Crippen MR) is 95.3 cm³/mol. The van der Waals surface area contributed by atoms with Gasteiger partial charge in [-0.3, -0.25) is 9.56 Å². The molecule has 4 rings (SSSR count). The van der Waals surface area contributed by atoms with Crippen molar-refractivity contribution in [1.82, 2.24) is 9.55 Å². The number of aromatic nitrogens is 2. The van der Waals surface area contributed by atoms with Crippen LogP contribution in [0.5, 0.6) is 0 Å². The Labute approximate surface area is 140 Å². The molecule has 0 spiro atoms. The molecule has 0 amide bonds. The van der Waals surface area contributed by atoms with Gasteiger partial charge in [0.1, 0.15) is 18.0 Å². The number of halogens is 1. The number of hydrogen-bond donors (Lipinski definition) is 0. The van der Waals surface area contributed by atoms with Crippen LogP contribution in [0.4, 0.5) is 4.39 Å². The lowest BCUT2D eigenvalue weighted by Gasteiger charge is -2.29. The largest absolute Gasteiger partial charge is 0.283 e. The first-order chi connectivity index (χ1) is 11.4. The number of hydrogen-bond acceptors (Lipinski definition) is 2. The number of aryl methyl sites for hydroxylation is 2. The fourth-order valence-corrected chi connectivity index (χ4v) is 3.45. The molecule has 3 nitrogen and oxygen atoms in total. The van der Waals surface area contributed by atoms with Gasteiger partial charge in [0.25, 0.3) is 0 Å². The number of fused-ring (bicyclic) bond motifs is 2. The lowest BCUT2D eigenvalue weighted by Crippen LogP contribution is -2.32. The van der Waals surface area contributed by atoms with Gasteiger partial charge < -0.3 is 0 Å². The second-order valence-electron chi connectivity index (χ2n) is 7.22. The molecule has 0 saturated carbocycles. The SMILES string of the molecule is Cc1ccc2c(ncn2C2=NC(C)(C)Cc3cc(F)ccc32)c1C. The van der Waals surface area contributed by atoms with Crippen molar-refractivity contribution in [2.45, 2.75) is 39.7 Å². The van der Waals surface area contributed by atoms with E-state index in [2.05, 4.69) is 44.8 Å². The highest BCUT2D eigenvalue weighted by Gasteiger charge is 2.28. The van der Waals surface area contributed by atoms with Crippen LogP contribution in [0, 0.1) is 19.7 Å². The standard InChI is InChI=1S/C20H20FN3/c1-12-5-8-17-18(13(12)2)22-11-24(17)19-16-7-6-15(21)9-14(16)10-20(3,4)23-19/h5-9,11H,10H2,1-4H3. The molecule has 3 aromatic rings. The van der Waals surface area contributed by atoms with Crippen LogP contribution in [0.3, 0.4) is 0 Å². The summed E-state index contributed by atoms with van der Waals surface area (Å²) in [5, 5.41) is 0. The molecule has 24 heavy (non-hydrogen) atoms. The highest BCUT2D eigenvalue weighted by Crippen LogP contribution is 2.30. The maximum Gasteiger partial charge on any atom is 0.141 e. The molecule has 0 aliphatic carbocycles. The van der Waals surface area contributed by atoms with Crippen LogP contribution in [0.25, 0.3) is 11.0 Å². The molecule has 2 aromatic carbocycles. The van der Waals surface area contributed by atoms with Crippen LogP contribution in [0.2, 0.25) is 0 Å². The quantitative estimate of drug-likeness (QED) is 0.603. The first kappa shape index (κ1) is 15.1. The van der Waals surface area contributed by atoms with E-state index < -0.39 is 0 Å². The van der Waals surface area contributed by atoms with E-state index in [0.717, 1.165) is 34.4 Å². The molecule has 0 bridgehead atoms. The summed E-state index contributed by atoms with van der Waals surface area (Å²) in [4.78, 5) is 9.55. The maximum absolute atomic E-state index is 13.7. The van der Waals surface area contributed by atoms with Gasteiger partial charge >= 0.3 is 0 Å². The number of benzene rings is 2. The van der Waals surface area contributed by atoms with Crippen LogP contribution in [0.15, 0.2) is 41.7 Å². The third kappa shape index (κ3) is 2.25. The summed E-state index contributed by atoms with van der Waals surface area (Å²) in [6.45, 7) is 8.34. The minimum atomic E-state index is -0.271. The van der Waals surface area contributed by atoms with Crippen molar-refractivity contribution in [2.75, 3.05) is 0 Å². The van der Waals surface area contributed by atoms with E-state index in [-0.39, 0.29) is 11.4 Å². The molecule has 2 heterocycles. The Bertz CT molecular complexity index is 996. The van der Waals surface area contributed by atoms with Crippen molar-refractivity contribution in [3.8, 4) is 0 Å². The molecule has 1 aliphatic heterocycles. The smallest absolute Gasteiger partial charge is 0.141 e. The van der Waals surface area contributed by atoms with Crippen LogP contribution >= 0.6 is 0 Å². The van der Waals surface area contributed by atoms with Crippen molar-refractivity contribution in [3.05, 3.63) is 64.7 Å². The van der Waals surface area contributed by atoms with Crippen molar-refractivity contribution in [3.63, 3.8) is 0 Å². The molecule has 1 aliphatic rings. The summed E-state index contributed by atoms with van der Waals surface area (Å²) >= 11 is 0. The van der Waals surface area contributed by atoms with Gasteiger partial charge in [0.2, 0.25) is 0 Å². The van der Waals surface area contributed by atoms with Crippen LogP contribution in [0.1, 0.15) is 36.1 Å². The Morgan fingerprint density at radius 1 is 1.12 bits per heavy atom. The Balaban J connectivity index is 1.99. The highest BCUT2D eigenvalue weighted by atomic mass is 19.1. The van der Waals surface area contributed by atoms with Gasteiger partial charge in [-0.2, -0.15) is 0 Å². The highest BCUT2D eigenvalue weighted by molar-refractivity contribution is 6.07. The lowest BCUT2D eigenvalue weighted by atomic mass is 9.88. The van der Waals surface area contributed by atoms with E-state index >= 15 is 0 Å². The molecule has 1 aromatic heterocycles. The van der Waals surface area contributed by atoms with Gasteiger partial charge in [-0.15, -0.1) is 0 Å². The van der Waals surface area contributed by atoms with Crippen molar-refractivity contribution in [2.24, 2.45) is 4.99 Å². The summed E-state index contributed by atoms with van der Waals surface area (Å²) in [5.41, 5.74) is 6.13. The van der Waals surface area contributed by atoms with Gasteiger partial charge in [-0.25, -0.2) is 9.37 Å². The molecular formula is C20H20FN3. The summed E-state index contributed by atoms with van der Waals surface area (Å²) in [7, 11) is 0. The Morgan fingerprint density at radius 2 is 1.92 bits per heavy atom. The molecule has 0 saturated heterocycles. The van der Waals surface area contributed by atoms with E-state index in [4.69, 9.17) is 4.99 Å². The number of imidazole rings is 1. The van der Waals surface area contributed by atoms with Crippen molar-refractivity contribution in [1.29, 1.82) is 0 Å². The van der Waals surface area contributed by atoms with E-state index in [1.807, 2.05) is 17.0 Å². The third-order valence-corrected chi connectivity index (χ3v) is 4.81. The van der Waals surface area contributed by atoms with Crippen molar-refractivity contribution < 1.29 is 4.39 Å². The lowest BCUT2D eigenvalue weighted by molar-refractivity contribution is 0.507. The van der Waals surface area contributed by atoms with Gasteiger partial charge in [-0.1, -0.05) is 6.07 Å². The summed E-state index contributed by atoms with van der Waals surface area (Å²) in [6.07, 6.45) is 2.55. The predicted octanol–water partition coefficient (Wildman–Crippen LogP) is 4.42.